The van der Waals surface area contributed by atoms with Gasteiger partial charge in [0.05, 0.1) is 10.8 Å². The molecule has 0 aliphatic carbocycles. The maximum atomic E-state index is 12.0. The molecule has 116 valence electrons. The van der Waals surface area contributed by atoms with E-state index >= 15 is 0 Å². The monoisotopic (exact) mass is 314 g/mol. The van der Waals surface area contributed by atoms with Crippen molar-refractivity contribution >= 4 is 16.6 Å². The summed E-state index contributed by atoms with van der Waals surface area (Å²) in [6, 6.07) is 19.0. The van der Waals surface area contributed by atoms with Crippen LogP contribution in [-0.2, 0) is 10.8 Å². The molecule has 0 N–H and O–H groups in total. The molecular formula is C19H22O2S. The van der Waals surface area contributed by atoms with E-state index in [2.05, 4.69) is 0 Å². The van der Waals surface area contributed by atoms with E-state index in [0.717, 1.165) is 36.1 Å². The molecule has 0 amide bonds. The van der Waals surface area contributed by atoms with Gasteiger partial charge in [-0.25, -0.2) is 0 Å². The van der Waals surface area contributed by atoms with Crippen LogP contribution in [0.1, 0.15) is 42.5 Å². The summed E-state index contributed by atoms with van der Waals surface area (Å²) < 4.78 is 12.0. The molecule has 0 saturated carbocycles. The van der Waals surface area contributed by atoms with Crippen LogP contribution in [0, 0.1) is 0 Å². The fourth-order valence-electron chi connectivity index (χ4n) is 2.33. The Hall–Kier alpha value is -1.74. The van der Waals surface area contributed by atoms with Gasteiger partial charge < -0.3 is 0 Å². The molecule has 0 heterocycles. The Balaban J connectivity index is 1.58. The first-order valence-electron chi connectivity index (χ1n) is 7.79. The molecule has 0 radical (unpaired) electrons. The summed E-state index contributed by atoms with van der Waals surface area (Å²) in [6.07, 6.45) is 4.50. The standard InChI is InChI=1S/C19H22O2S/c20-19(17-11-5-3-6-12-17)15-9-1-2-10-16-22(21)18-13-7-4-8-14-18/h3-8,11-14H,1-2,9-10,15-16H2. The molecule has 0 aliphatic rings. The summed E-state index contributed by atoms with van der Waals surface area (Å²) in [4.78, 5) is 12.8. The second kappa shape index (κ2) is 9.31. The molecule has 0 aromatic heterocycles. The molecular weight excluding hydrogens is 292 g/mol. The van der Waals surface area contributed by atoms with Crippen molar-refractivity contribution in [2.75, 3.05) is 5.75 Å². The van der Waals surface area contributed by atoms with Gasteiger partial charge in [-0.2, -0.15) is 0 Å². The minimum absolute atomic E-state index is 0.216. The Morgan fingerprint density at radius 1 is 0.773 bits per heavy atom. The van der Waals surface area contributed by atoms with Crippen molar-refractivity contribution < 1.29 is 9.00 Å². The lowest BCUT2D eigenvalue weighted by Gasteiger charge is -2.03. The minimum atomic E-state index is -0.894. The normalized spacial score (nSPS) is 12.0. The van der Waals surface area contributed by atoms with Crippen LogP contribution < -0.4 is 0 Å². The van der Waals surface area contributed by atoms with Crippen molar-refractivity contribution in [2.45, 2.75) is 37.0 Å². The molecule has 0 fully saturated rings. The van der Waals surface area contributed by atoms with E-state index in [1.54, 1.807) is 0 Å². The Morgan fingerprint density at radius 3 is 2.05 bits per heavy atom. The summed E-state index contributed by atoms with van der Waals surface area (Å²) in [6.45, 7) is 0. The van der Waals surface area contributed by atoms with Gasteiger partial charge in [-0.05, 0) is 25.0 Å². The second-order valence-electron chi connectivity index (χ2n) is 5.32. The zero-order chi connectivity index (χ0) is 15.6. The molecule has 0 bridgehead atoms. The summed E-state index contributed by atoms with van der Waals surface area (Å²) in [5.74, 6) is 0.921. The zero-order valence-electron chi connectivity index (χ0n) is 12.7. The highest BCUT2D eigenvalue weighted by Gasteiger charge is 2.05. The summed E-state index contributed by atoms with van der Waals surface area (Å²) in [5, 5.41) is 0. The van der Waals surface area contributed by atoms with Crippen molar-refractivity contribution in [3.63, 3.8) is 0 Å². The Bertz CT molecular complexity index is 538. The van der Waals surface area contributed by atoms with Crippen molar-refractivity contribution in [1.82, 2.24) is 0 Å². The highest BCUT2D eigenvalue weighted by molar-refractivity contribution is 7.85. The fraction of sp³-hybridized carbons (Fsp3) is 0.316. The van der Waals surface area contributed by atoms with E-state index in [9.17, 15) is 9.00 Å². The van der Waals surface area contributed by atoms with Gasteiger partial charge in [0, 0.05) is 22.6 Å². The first-order valence-corrected chi connectivity index (χ1v) is 9.11. The second-order valence-corrected chi connectivity index (χ2v) is 6.89. The molecule has 1 atom stereocenters. The lowest BCUT2D eigenvalue weighted by Crippen LogP contribution is -2.00. The van der Waals surface area contributed by atoms with Gasteiger partial charge in [0.2, 0.25) is 0 Å². The van der Waals surface area contributed by atoms with Crippen LogP contribution >= 0.6 is 0 Å². The predicted octanol–water partition coefficient (Wildman–Crippen LogP) is 4.63. The quantitative estimate of drug-likeness (QED) is 0.499. The van der Waals surface area contributed by atoms with Crippen LogP contribution in [0.25, 0.3) is 0 Å². The van der Waals surface area contributed by atoms with E-state index < -0.39 is 10.8 Å². The molecule has 2 aromatic carbocycles. The van der Waals surface area contributed by atoms with Crippen LogP contribution in [0.4, 0.5) is 0 Å². The van der Waals surface area contributed by atoms with E-state index in [4.69, 9.17) is 0 Å². The topological polar surface area (TPSA) is 34.1 Å². The number of carbonyl (C=O) groups excluding carboxylic acids is 1. The summed E-state index contributed by atoms with van der Waals surface area (Å²) in [5.41, 5.74) is 0.799. The number of hydrogen-bond acceptors (Lipinski definition) is 2. The molecule has 1 unspecified atom stereocenters. The third-order valence-corrected chi connectivity index (χ3v) is 5.04. The number of Topliss-reactive ketones (excluding diaryl/α,β-unsaturated/α-hetero) is 1. The van der Waals surface area contributed by atoms with Gasteiger partial charge in [0.25, 0.3) is 0 Å². The average molecular weight is 314 g/mol. The fourth-order valence-corrected chi connectivity index (χ4v) is 3.49. The molecule has 0 spiro atoms. The predicted molar refractivity (Wildman–Crippen MR) is 91.6 cm³/mol. The number of ketones is 1. The van der Waals surface area contributed by atoms with Gasteiger partial charge in [-0.15, -0.1) is 0 Å². The third-order valence-electron chi connectivity index (χ3n) is 3.59. The van der Waals surface area contributed by atoms with Crippen LogP contribution in [-0.4, -0.2) is 15.7 Å². The number of unbranched alkanes of at least 4 members (excludes halogenated alkanes) is 3. The first kappa shape index (κ1) is 16.6. The van der Waals surface area contributed by atoms with E-state index in [0.29, 0.717) is 12.2 Å². The maximum Gasteiger partial charge on any atom is 0.162 e. The van der Waals surface area contributed by atoms with Gasteiger partial charge in [0.1, 0.15) is 0 Å². The number of benzene rings is 2. The summed E-state index contributed by atoms with van der Waals surface area (Å²) in [7, 11) is -0.894. The zero-order valence-corrected chi connectivity index (χ0v) is 13.6. The molecule has 2 rings (SSSR count). The number of hydrogen-bond donors (Lipinski definition) is 0. The van der Waals surface area contributed by atoms with Crippen LogP contribution in [0.3, 0.4) is 0 Å². The van der Waals surface area contributed by atoms with Gasteiger partial charge in [0.15, 0.2) is 5.78 Å². The number of rotatable bonds is 9. The lowest BCUT2D eigenvalue weighted by atomic mass is 10.0. The average Bonchev–Trinajstić information content (AvgIpc) is 2.59. The van der Waals surface area contributed by atoms with E-state index in [1.807, 2.05) is 60.7 Å². The molecule has 22 heavy (non-hydrogen) atoms. The Labute approximate surface area is 135 Å². The number of carbonyl (C=O) groups is 1. The van der Waals surface area contributed by atoms with Crippen molar-refractivity contribution in [1.29, 1.82) is 0 Å². The van der Waals surface area contributed by atoms with Gasteiger partial charge >= 0.3 is 0 Å². The maximum absolute atomic E-state index is 12.0. The van der Waals surface area contributed by atoms with Crippen molar-refractivity contribution in [3.05, 3.63) is 66.2 Å². The molecule has 3 heteroatoms. The molecule has 0 saturated heterocycles. The SMILES string of the molecule is O=C(CCCCCCS(=O)c1ccccc1)c1ccccc1. The van der Waals surface area contributed by atoms with Crippen LogP contribution in [0.15, 0.2) is 65.6 Å². The Kier molecular flexibility index (Phi) is 7.04. The van der Waals surface area contributed by atoms with Crippen LogP contribution in [0.2, 0.25) is 0 Å². The third kappa shape index (κ3) is 5.57. The minimum Gasteiger partial charge on any atom is -0.294 e. The summed E-state index contributed by atoms with van der Waals surface area (Å²) >= 11 is 0. The lowest BCUT2D eigenvalue weighted by molar-refractivity contribution is 0.0979. The van der Waals surface area contributed by atoms with Crippen molar-refractivity contribution in [2.24, 2.45) is 0 Å². The largest absolute Gasteiger partial charge is 0.294 e. The highest BCUT2D eigenvalue weighted by atomic mass is 32.2. The highest BCUT2D eigenvalue weighted by Crippen LogP contribution is 2.11. The van der Waals surface area contributed by atoms with E-state index in [1.165, 1.54) is 0 Å². The smallest absolute Gasteiger partial charge is 0.162 e. The molecule has 2 nitrogen and oxygen atoms in total. The van der Waals surface area contributed by atoms with Gasteiger partial charge in [-0.3, -0.25) is 9.00 Å². The van der Waals surface area contributed by atoms with Crippen molar-refractivity contribution in [3.8, 4) is 0 Å². The first-order chi connectivity index (χ1) is 10.8. The molecule has 0 aliphatic heterocycles. The van der Waals surface area contributed by atoms with Crippen LogP contribution in [0.5, 0.6) is 0 Å². The van der Waals surface area contributed by atoms with E-state index in [-0.39, 0.29) is 5.78 Å². The Morgan fingerprint density at radius 2 is 1.36 bits per heavy atom. The van der Waals surface area contributed by atoms with Gasteiger partial charge in [-0.1, -0.05) is 61.4 Å². The molecule has 2 aromatic rings.